The highest BCUT2D eigenvalue weighted by Gasteiger charge is 2.38. The smallest absolute Gasteiger partial charge is 0.226 e. The Morgan fingerprint density at radius 3 is 2.61 bits per heavy atom. The summed E-state index contributed by atoms with van der Waals surface area (Å²) in [5.74, 6) is 0.562. The molecule has 2 aromatic rings. The number of rotatable bonds is 6. The summed E-state index contributed by atoms with van der Waals surface area (Å²) in [5, 5.41) is 3.18. The van der Waals surface area contributed by atoms with Crippen LogP contribution in [0.25, 0.3) is 11.5 Å². The van der Waals surface area contributed by atoms with E-state index in [0.29, 0.717) is 18.1 Å². The highest BCUT2D eigenvalue weighted by molar-refractivity contribution is 5.78. The molecule has 2 heterocycles. The highest BCUT2D eigenvalue weighted by Crippen LogP contribution is 2.33. The molecule has 0 radical (unpaired) electrons. The number of morpholine rings is 1. The number of oxazole rings is 1. The second-order valence-electron chi connectivity index (χ2n) is 7.85. The lowest BCUT2D eigenvalue weighted by Gasteiger charge is -2.48. The third-order valence-corrected chi connectivity index (χ3v) is 5.99. The van der Waals surface area contributed by atoms with Crippen LogP contribution in [0.5, 0.6) is 0 Å². The Kier molecular flexibility index (Phi) is 6.07. The molecule has 2 fully saturated rings. The largest absolute Gasteiger partial charge is 0.444 e. The van der Waals surface area contributed by atoms with Crippen LogP contribution in [-0.2, 0) is 16.0 Å². The summed E-state index contributed by atoms with van der Waals surface area (Å²) in [6.45, 7) is 4.20. The molecule has 1 N–H and O–H groups in total. The van der Waals surface area contributed by atoms with E-state index in [-0.39, 0.29) is 17.9 Å². The fraction of sp³-hybridized carbons (Fsp3) is 0.545. The van der Waals surface area contributed by atoms with Gasteiger partial charge in [-0.25, -0.2) is 4.98 Å². The minimum Gasteiger partial charge on any atom is -0.444 e. The van der Waals surface area contributed by atoms with E-state index in [9.17, 15) is 4.79 Å². The summed E-state index contributed by atoms with van der Waals surface area (Å²) in [6.07, 6.45) is 7.88. The number of carbonyl (C=O) groups excluding carboxylic acids is 1. The summed E-state index contributed by atoms with van der Waals surface area (Å²) < 4.78 is 11.1. The lowest BCUT2D eigenvalue weighted by molar-refractivity contribution is -0.121. The Labute approximate surface area is 166 Å². The summed E-state index contributed by atoms with van der Waals surface area (Å²) in [4.78, 5) is 19.6. The molecule has 2 aliphatic rings. The lowest BCUT2D eigenvalue weighted by Crippen LogP contribution is -2.59. The first-order chi connectivity index (χ1) is 13.8. The number of aromatic nitrogens is 1. The topological polar surface area (TPSA) is 67.6 Å². The van der Waals surface area contributed by atoms with Gasteiger partial charge in [0.2, 0.25) is 11.8 Å². The van der Waals surface area contributed by atoms with Crippen molar-refractivity contribution in [3.8, 4) is 11.5 Å². The third kappa shape index (κ3) is 4.45. The SMILES string of the molecule is O=C(Cc1coc(-c2ccccc2)n1)NCC1(N2CCOCC2)CCCCC1. The average Bonchev–Trinajstić information content (AvgIpc) is 3.23. The van der Waals surface area contributed by atoms with E-state index in [1.54, 1.807) is 6.26 Å². The maximum absolute atomic E-state index is 12.6. The first-order valence-electron chi connectivity index (χ1n) is 10.3. The Morgan fingerprint density at radius 1 is 1.11 bits per heavy atom. The van der Waals surface area contributed by atoms with Crippen molar-refractivity contribution in [2.75, 3.05) is 32.8 Å². The number of nitrogens with one attached hydrogen (secondary N) is 1. The van der Waals surface area contributed by atoms with Crippen LogP contribution in [0, 0.1) is 0 Å². The standard InChI is InChI=1S/C22H29N3O3/c26-20(15-19-16-28-21(24-19)18-7-3-1-4-8-18)23-17-22(9-5-2-6-10-22)25-11-13-27-14-12-25/h1,3-4,7-8,16H,2,5-6,9-15,17H2,(H,23,26). The summed E-state index contributed by atoms with van der Waals surface area (Å²) >= 11 is 0. The molecule has 0 unspecified atom stereocenters. The maximum atomic E-state index is 12.6. The lowest BCUT2D eigenvalue weighted by atomic mass is 9.79. The third-order valence-electron chi connectivity index (χ3n) is 5.99. The Balaban J connectivity index is 1.35. The van der Waals surface area contributed by atoms with E-state index in [2.05, 4.69) is 15.2 Å². The van der Waals surface area contributed by atoms with Gasteiger partial charge in [-0.2, -0.15) is 0 Å². The van der Waals surface area contributed by atoms with Crippen LogP contribution in [0.2, 0.25) is 0 Å². The molecule has 4 rings (SSSR count). The molecule has 6 nitrogen and oxygen atoms in total. The molecular formula is C22H29N3O3. The van der Waals surface area contributed by atoms with Crippen molar-refractivity contribution < 1.29 is 13.9 Å². The summed E-state index contributed by atoms with van der Waals surface area (Å²) in [5.41, 5.74) is 1.67. The number of ether oxygens (including phenoxy) is 1. The molecule has 1 aliphatic heterocycles. The van der Waals surface area contributed by atoms with E-state index >= 15 is 0 Å². The molecule has 1 aromatic carbocycles. The maximum Gasteiger partial charge on any atom is 0.226 e. The molecule has 0 bridgehead atoms. The number of nitrogens with zero attached hydrogens (tertiary/aromatic N) is 2. The molecule has 6 heteroatoms. The monoisotopic (exact) mass is 383 g/mol. The quantitative estimate of drug-likeness (QED) is 0.830. The van der Waals surface area contributed by atoms with E-state index in [1.807, 2.05) is 30.3 Å². The van der Waals surface area contributed by atoms with Crippen LogP contribution >= 0.6 is 0 Å². The second-order valence-corrected chi connectivity index (χ2v) is 7.85. The van der Waals surface area contributed by atoms with E-state index in [1.165, 1.54) is 19.3 Å². The molecule has 1 aromatic heterocycles. The zero-order chi connectivity index (χ0) is 19.2. The van der Waals surface area contributed by atoms with Crippen LogP contribution in [-0.4, -0.2) is 54.2 Å². The average molecular weight is 383 g/mol. The summed E-state index contributed by atoms with van der Waals surface area (Å²) in [7, 11) is 0. The molecule has 0 atom stereocenters. The van der Waals surface area contributed by atoms with Gasteiger partial charge in [0.1, 0.15) is 6.26 Å². The number of carbonyl (C=O) groups is 1. The molecule has 1 saturated carbocycles. The fourth-order valence-electron chi connectivity index (χ4n) is 4.44. The summed E-state index contributed by atoms with van der Waals surface area (Å²) in [6, 6.07) is 9.74. The van der Waals surface area contributed by atoms with Gasteiger partial charge in [-0.1, -0.05) is 37.5 Å². The normalized spacial score (nSPS) is 20.0. The van der Waals surface area contributed by atoms with Crippen LogP contribution in [0.4, 0.5) is 0 Å². The van der Waals surface area contributed by atoms with E-state index in [4.69, 9.17) is 9.15 Å². The Morgan fingerprint density at radius 2 is 1.86 bits per heavy atom. The number of amides is 1. The molecule has 0 spiro atoms. The number of hydrogen-bond acceptors (Lipinski definition) is 5. The van der Waals surface area contributed by atoms with Crippen molar-refractivity contribution in [2.24, 2.45) is 0 Å². The zero-order valence-electron chi connectivity index (χ0n) is 16.4. The van der Waals surface area contributed by atoms with Crippen molar-refractivity contribution in [2.45, 2.75) is 44.1 Å². The van der Waals surface area contributed by atoms with Crippen molar-refractivity contribution in [3.05, 3.63) is 42.3 Å². The molecule has 1 saturated heterocycles. The van der Waals surface area contributed by atoms with E-state index < -0.39 is 0 Å². The molecule has 1 amide bonds. The van der Waals surface area contributed by atoms with Gasteiger partial charge in [-0.15, -0.1) is 0 Å². The molecule has 1 aliphatic carbocycles. The van der Waals surface area contributed by atoms with Gasteiger partial charge in [-0.05, 0) is 25.0 Å². The fourth-order valence-corrected chi connectivity index (χ4v) is 4.44. The Bertz CT molecular complexity index is 762. The highest BCUT2D eigenvalue weighted by atomic mass is 16.5. The molecule has 150 valence electrons. The number of hydrogen-bond donors (Lipinski definition) is 1. The molecule has 28 heavy (non-hydrogen) atoms. The number of benzene rings is 1. The first-order valence-corrected chi connectivity index (χ1v) is 10.3. The minimum atomic E-state index is 0.00567. The van der Waals surface area contributed by atoms with Crippen LogP contribution in [0.1, 0.15) is 37.8 Å². The van der Waals surface area contributed by atoms with Crippen molar-refractivity contribution >= 4 is 5.91 Å². The van der Waals surface area contributed by atoms with Gasteiger partial charge in [0, 0.05) is 30.7 Å². The van der Waals surface area contributed by atoms with Gasteiger partial charge < -0.3 is 14.5 Å². The first kappa shape index (κ1) is 19.2. The van der Waals surface area contributed by atoms with Crippen molar-refractivity contribution in [3.63, 3.8) is 0 Å². The van der Waals surface area contributed by atoms with Gasteiger partial charge in [0.05, 0.1) is 25.3 Å². The van der Waals surface area contributed by atoms with Crippen LogP contribution in [0.15, 0.2) is 41.0 Å². The van der Waals surface area contributed by atoms with E-state index in [0.717, 1.165) is 44.7 Å². The van der Waals surface area contributed by atoms with Crippen LogP contribution in [0.3, 0.4) is 0 Å². The van der Waals surface area contributed by atoms with Gasteiger partial charge >= 0.3 is 0 Å². The predicted molar refractivity (Wildman–Crippen MR) is 107 cm³/mol. The van der Waals surface area contributed by atoms with Crippen molar-refractivity contribution in [1.82, 2.24) is 15.2 Å². The predicted octanol–water partition coefficient (Wildman–Crippen LogP) is 3.04. The van der Waals surface area contributed by atoms with Gasteiger partial charge in [-0.3, -0.25) is 9.69 Å². The molecular weight excluding hydrogens is 354 g/mol. The van der Waals surface area contributed by atoms with Crippen molar-refractivity contribution in [1.29, 1.82) is 0 Å². The van der Waals surface area contributed by atoms with Crippen LogP contribution < -0.4 is 5.32 Å². The minimum absolute atomic E-state index is 0.00567. The Hall–Kier alpha value is -2.18. The second kappa shape index (κ2) is 8.88. The van der Waals surface area contributed by atoms with Gasteiger partial charge in [0.15, 0.2) is 0 Å². The van der Waals surface area contributed by atoms with Gasteiger partial charge in [0.25, 0.3) is 0 Å². The zero-order valence-corrected chi connectivity index (χ0v) is 16.4.